The molecule has 3 aromatic carbocycles. The van der Waals surface area contributed by atoms with E-state index in [4.69, 9.17) is 0 Å². The number of sulfonamides is 1. The molecule has 4 rings (SSSR count). The van der Waals surface area contributed by atoms with Gasteiger partial charge in [-0.05, 0) is 55.2 Å². The summed E-state index contributed by atoms with van der Waals surface area (Å²) < 4.78 is 28.2. The third-order valence-electron chi connectivity index (χ3n) is 6.08. The fourth-order valence-corrected chi connectivity index (χ4v) is 6.23. The van der Waals surface area contributed by atoms with Gasteiger partial charge in [-0.2, -0.15) is 4.31 Å². The molecule has 4 aromatic rings. The molecule has 0 aliphatic heterocycles. The maximum atomic E-state index is 13.4. The van der Waals surface area contributed by atoms with Crippen LogP contribution in [0.15, 0.2) is 89.1 Å². The summed E-state index contributed by atoms with van der Waals surface area (Å²) in [4.78, 5) is 17.5. The number of carbonyl (C=O) groups is 1. The minimum atomic E-state index is -3.74. The Balaban J connectivity index is 1.46. The second-order valence-corrected chi connectivity index (χ2v) is 12.2. The van der Waals surface area contributed by atoms with Crippen LogP contribution in [0.1, 0.15) is 55.1 Å². The van der Waals surface area contributed by atoms with Crippen LogP contribution in [0.3, 0.4) is 0 Å². The van der Waals surface area contributed by atoms with Crippen molar-refractivity contribution in [3.63, 3.8) is 0 Å². The quantitative estimate of drug-likeness (QED) is 0.257. The molecule has 0 unspecified atom stereocenters. The topological polar surface area (TPSA) is 79.4 Å². The van der Waals surface area contributed by atoms with E-state index in [-0.39, 0.29) is 23.4 Å². The van der Waals surface area contributed by atoms with Crippen LogP contribution in [0.5, 0.6) is 0 Å². The molecule has 0 fully saturated rings. The van der Waals surface area contributed by atoms with Crippen LogP contribution >= 0.6 is 11.3 Å². The van der Waals surface area contributed by atoms with Crippen molar-refractivity contribution in [3.05, 3.63) is 101 Å². The number of benzene rings is 3. The lowest BCUT2D eigenvalue weighted by atomic mass is 10.0. The van der Waals surface area contributed by atoms with Crippen molar-refractivity contribution < 1.29 is 13.2 Å². The zero-order valence-electron chi connectivity index (χ0n) is 21.4. The fourth-order valence-electron chi connectivity index (χ4n) is 3.89. The summed E-state index contributed by atoms with van der Waals surface area (Å²) in [5.74, 6) is 0.114. The summed E-state index contributed by atoms with van der Waals surface area (Å²) >= 11 is 1.35. The number of hydrogen-bond acceptors (Lipinski definition) is 5. The molecular weight excluding hydrogens is 502 g/mol. The number of amides is 1. The number of nitrogens with one attached hydrogen (secondary N) is 1. The molecule has 0 atom stereocenters. The predicted molar refractivity (Wildman–Crippen MR) is 150 cm³/mol. The summed E-state index contributed by atoms with van der Waals surface area (Å²) in [7, 11) is -3.74. The zero-order chi connectivity index (χ0) is 26.6. The van der Waals surface area contributed by atoms with Gasteiger partial charge in [-0.25, -0.2) is 13.4 Å². The van der Waals surface area contributed by atoms with Crippen molar-refractivity contribution in [2.24, 2.45) is 0 Å². The van der Waals surface area contributed by atoms with E-state index in [1.165, 1.54) is 45.5 Å². The van der Waals surface area contributed by atoms with Crippen LogP contribution in [-0.2, 0) is 16.6 Å². The van der Waals surface area contributed by atoms with Gasteiger partial charge in [-0.3, -0.25) is 10.1 Å². The molecule has 37 heavy (non-hydrogen) atoms. The molecular formula is C29H31N3O3S2. The van der Waals surface area contributed by atoms with Gasteiger partial charge in [0.05, 0.1) is 10.6 Å². The molecule has 1 N–H and O–H groups in total. The van der Waals surface area contributed by atoms with Crippen LogP contribution < -0.4 is 5.32 Å². The average Bonchev–Trinajstić information content (AvgIpc) is 3.36. The van der Waals surface area contributed by atoms with Crippen molar-refractivity contribution in [1.82, 2.24) is 9.29 Å². The van der Waals surface area contributed by atoms with Crippen molar-refractivity contribution >= 4 is 32.4 Å². The monoisotopic (exact) mass is 533 g/mol. The second kappa shape index (κ2) is 11.4. The summed E-state index contributed by atoms with van der Waals surface area (Å²) in [6.45, 7) is 8.28. The van der Waals surface area contributed by atoms with Gasteiger partial charge >= 0.3 is 0 Å². The summed E-state index contributed by atoms with van der Waals surface area (Å²) in [6, 6.07) is 23.5. The molecule has 0 aliphatic carbocycles. The maximum absolute atomic E-state index is 13.4. The number of nitrogens with zero attached hydrogens (tertiary/aromatic N) is 2. The van der Waals surface area contributed by atoms with Crippen molar-refractivity contribution in [3.8, 4) is 11.3 Å². The van der Waals surface area contributed by atoms with Gasteiger partial charge in [0.25, 0.3) is 5.91 Å². The first-order valence-electron chi connectivity index (χ1n) is 12.2. The molecule has 0 bridgehead atoms. The van der Waals surface area contributed by atoms with E-state index in [9.17, 15) is 13.2 Å². The Labute approximate surface area is 223 Å². The Hall–Kier alpha value is -3.33. The Morgan fingerprint density at radius 1 is 0.919 bits per heavy atom. The zero-order valence-corrected chi connectivity index (χ0v) is 23.0. The standard InChI is InChI=1S/C29H31N3O3S2/c1-20(2)23-10-12-24(13-11-23)27-19-36-29(30-27)31-28(33)25-14-16-26(17-15-25)37(34,35)32(21(3)4)18-22-8-6-5-7-9-22/h5-17,19-21H,18H2,1-4H3,(H,30,31,33). The Kier molecular flexibility index (Phi) is 8.22. The molecule has 6 nitrogen and oxygen atoms in total. The summed E-state index contributed by atoms with van der Waals surface area (Å²) in [6.07, 6.45) is 0. The van der Waals surface area contributed by atoms with Gasteiger partial charge in [0, 0.05) is 29.1 Å². The van der Waals surface area contributed by atoms with E-state index in [0.29, 0.717) is 16.6 Å². The van der Waals surface area contributed by atoms with E-state index < -0.39 is 10.0 Å². The number of rotatable bonds is 9. The maximum Gasteiger partial charge on any atom is 0.257 e. The van der Waals surface area contributed by atoms with Gasteiger partial charge in [0.2, 0.25) is 10.0 Å². The highest BCUT2D eigenvalue weighted by Gasteiger charge is 2.27. The molecule has 0 saturated carbocycles. The van der Waals surface area contributed by atoms with E-state index in [0.717, 1.165) is 16.8 Å². The van der Waals surface area contributed by atoms with Crippen LogP contribution in [0.4, 0.5) is 5.13 Å². The van der Waals surface area contributed by atoms with Gasteiger partial charge in [-0.1, -0.05) is 68.4 Å². The molecule has 1 aromatic heterocycles. The van der Waals surface area contributed by atoms with Crippen LogP contribution in [0.2, 0.25) is 0 Å². The van der Waals surface area contributed by atoms with Gasteiger partial charge < -0.3 is 0 Å². The Morgan fingerprint density at radius 2 is 1.57 bits per heavy atom. The van der Waals surface area contributed by atoms with E-state index in [1.54, 1.807) is 0 Å². The number of carbonyl (C=O) groups excluding carboxylic acids is 1. The molecule has 1 heterocycles. The first-order valence-corrected chi connectivity index (χ1v) is 14.5. The lowest BCUT2D eigenvalue weighted by molar-refractivity contribution is 0.102. The number of hydrogen-bond donors (Lipinski definition) is 1. The second-order valence-electron chi connectivity index (χ2n) is 9.42. The van der Waals surface area contributed by atoms with Crippen molar-refractivity contribution in [1.29, 1.82) is 0 Å². The normalized spacial score (nSPS) is 11.9. The Morgan fingerprint density at radius 3 is 2.16 bits per heavy atom. The first-order chi connectivity index (χ1) is 17.6. The minimum Gasteiger partial charge on any atom is -0.298 e. The Bertz CT molecular complexity index is 1440. The SMILES string of the molecule is CC(C)c1ccc(-c2csc(NC(=O)c3ccc(S(=O)(=O)N(Cc4ccccc4)C(C)C)cc3)n2)cc1. The lowest BCUT2D eigenvalue weighted by Gasteiger charge is -2.26. The lowest BCUT2D eigenvalue weighted by Crippen LogP contribution is -2.36. The predicted octanol–water partition coefficient (Wildman–Crippen LogP) is 6.79. The highest BCUT2D eigenvalue weighted by molar-refractivity contribution is 7.89. The van der Waals surface area contributed by atoms with E-state index in [1.807, 2.05) is 61.7 Å². The van der Waals surface area contributed by atoms with Crippen LogP contribution in [-0.4, -0.2) is 29.7 Å². The molecule has 0 aliphatic rings. The van der Waals surface area contributed by atoms with Crippen LogP contribution in [0.25, 0.3) is 11.3 Å². The van der Waals surface area contributed by atoms with Gasteiger partial charge in [-0.15, -0.1) is 11.3 Å². The third-order valence-corrected chi connectivity index (χ3v) is 8.87. The molecule has 1 amide bonds. The van der Waals surface area contributed by atoms with Crippen LogP contribution in [0, 0.1) is 0 Å². The number of aromatic nitrogens is 1. The molecule has 8 heteroatoms. The first kappa shape index (κ1) is 26.7. The number of anilines is 1. The average molecular weight is 534 g/mol. The van der Waals surface area contributed by atoms with Crippen molar-refractivity contribution in [2.75, 3.05) is 5.32 Å². The molecule has 192 valence electrons. The van der Waals surface area contributed by atoms with Gasteiger partial charge in [0.1, 0.15) is 0 Å². The summed E-state index contributed by atoms with van der Waals surface area (Å²) in [5.41, 5.74) is 4.31. The molecule has 0 saturated heterocycles. The molecule has 0 radical (unpaired) electrons. The smallest absolute Gasteiger partial charge is 0.257 e. The fraction of sp³-hybridized carbons (Fsp3) is 0.241. The third kappa shape index (κ3) is 6.33. The largest absolute Gasteiger partial charge is 0.298 e. The summed E-state index contributed by atoms with van der Waals surface area (Å²) in [5, 5.41) is 5.21. The molecule has 0 spiro atoms. The highest BCUT2D eigenvalue weighted by Crippen LogP contribution is 2.27. The van der Waals surface area contributed by atoms with Gasteiger partial charge in [0.15, 0.2) is 5.13 Å². The minimum absolute atomic E-state index is 0.148. The van der Waals surface area contributed by atoms with E-state index in [2.05, 4.69) is 36.3 Å². The number of thiazole rings is 1. The van der Waals surface area contributed by atoms with E-state index >= 15 is 0 Å². The van der Waals surface area contributed by atoms with Crippen molar-refractivity contribution in [2.45, 2.75) is 51.1 Å². The highest BCUT2D eigenvalue weighted by atomic mass is 32.2.